The molecule has 0 amide bonds. The number of pyridine rings is 1. The molecule has 0 radical (unpaired) electrons. The Morgan fingerprint density at radius 1 is 0.244 bits per heavy atom. The second-order valence-electron chi connectivity index (χ2n) is 20.3. The van der Waals surface area contributed by atoms with E-state index in [0.29, 0.717) is 134 Å². The Kier molecular flexibility index (Phi) is 12.7. The highest BCUT2D eigenvalue weighted by atomic mass is 15.0. The van der Waals surface area contributed by atoms with Gasteiger partial charge in [0.05, 0.1) is 143 Å². The molecule has 0 N–H and O–H groups in total. The quantitative estimate of drug-likeness (QED) is 0.139. The zero-order chi connectivity index (χ0) is 59.2. The lowest BCUT2D eigenvalue weighted by atomic mass is 9.95. The molecule has 0 aliphatic carbocycles. The van der Waals surface area contributed by atoms with E-state index in [2.05, 4.69) is 59.2 Å². The summed E-state index contributed by atoms with van der Waals surface area (Å²) in [5, 5.41) is 95.2. The average molecular weight is 1090 g/mol. The van der Waals surface area contributed by atoms with E-state index in [0.717, 1.165) is 38.1 Å². The van der Waals surface area contributed by atoms with Crippen LogP contribution in [0.3, 0.4) is 0 Å². The molecule has 0 aliphatic rings. The summed E-state index contributed by atoms with van der Waals surface area (Å²) < 4.78 is 4.14. The van der Waals surface area contributed by atoms with Gasteiger partial charge in [-0.2, -0.15) is 47.4 Å². The molecule has 12 nitrogen and oxygen atoms in total. The number of hydrogen-bond donors (Lipinski definition) is 0. The molecule has 0 saturated carbocycles. The minimum atomic E-state index is 0.295. The van der Waals surface area contributed by atoms with Crippen LogP contribution in [0, 0.1) is 102 Å². The number of hydrogen-bond acceptors (Lipinski definition) is 10. The van der Waals surface area contributed by atoms with Crippen LogP contribution < -0.4 is 0 Å². The first-order valence-corrected chi connectivity index (χ1v) is 26.8. The van der Waals surface area contributed by atoms with Gasteiger partial charge in [-0.1, -0.05) is 84.9 Å². The highest BCUT2D eigenvalue weighted by Gasteiger charge is 2.25. The van der Waals surface area contributed by atoms with Gasteiger partial charge in [-0.15, -0.1) is 0 Å². The summed E-state index contributed by atoms with van der Waals surface area (Å²) in [6.07, 6.45) is 0. The van der Waals surface area contributed by atoms with E-state index in [9.17, 15) is 47.4 Å². The van der Waals surface area contributed by atoms with Crippen molar-refractivity contribution < 1.29 is 0 Å². The highest BCUT2D eigenvalue weighted by Crippen LogP contribution is 2.45. The number of fused-ring (bicyclic) bond motifs is 6. The maximum atomic E-state index is 11.7. The van der Waals surface area contributed by atoms with Crippen LogP contribution in [0.15, 0.2) is 206 Å². The smallest absolute Gasteiger partial charge is 0.101 e. The summed E-state index contributed by atoms with van der Waals surface area (Å²) >= 11 is 0. The molecule has 13 rings (SSSR count). The summed E-state index contributed by atoms with van der Waals surface area (Å²) in [7, 11) is 0. The molecule has 0 bridgehead atoms. The fourth-order valence-electron chi connectivity index (χ4n) is 11.7. The molecule has 0 fully saturated rings. The lowest BCUT2D eigenvalue weighted by molar-refractivity contribution is 1.13. The summed E-state index contributed by atoms with van der Waals surface area (Å²) in [6.45, 7) is 0. The van der Waals surface area contributed by atoms with E-state index in [-0.39, 0.29) is 0 Å². The monoisotopic (exact) mass is 1090 g/mol. The van der Waals surface area contributed by atoms with Crippen molar-refractivity contribution >= 4 is 43.6 Å². The van der Waals surface area contributed by atoms with Crippen molar-refractivity contribution in [3.63, 3.8) is 0 Å². The fourth-order valence-corrected chi connectivity index (χ4v) is 11.7. The largest absolute Gasteiger partial charge is 0.309 e. The van der Waals surface area contributed by atoms with Crippen LogP contribution in [0.2, 0.25) is 0 Å². The van der Waals surface area contributed by atoms with Crippen LogP contribution in [0.25, 0.3) is 122 Å². The first-order valence-electron chi connectivity index (χ1n) is 26.8. The zero-order valence-corrected chi connectivity index (χ0v) is 45.0. The summed E-state index contributed by atoms with van der Waals surface area (Å²) in [5.41, 5.74) is 15.2. The second kappa shape index (κ2) is 21.1. The summed E-state index contributed by atoms with van der Waals surface area (Å²) in [5.74, 6) is 0. The van der Waals surface area contributed by atoms with Gasteiger partial charge in [0.1, 0.15) is 6.07 Å². The molecule has 3 heterocycles. The van der Waals surface area contributed by atoms with E-state index in [1.165, 1.54) is 0 Å². The minimum Gasteiger partial charge on any atom is -0.309 e. The van der Waals surface area contributed by atoms with Gasteiger partial charge in [0.15, 0.2) is 0 Å². The van der Waals surface area contributed by atoms with Crippen molar-refractivity contribution in [1.82, 2.24) is 14.1 Å². The number of nitrogens with zero attached hydrogens (tertiary/aromatic N) is 12. The van der Waals surface area contributed by atoms with Crippen LogP contribution in [-0.2, 0) is 0 Å². The maximum absolute atomic E-state index is 11.7. The molecule has 3 aromatic heterocycles. The summed E-state index contributed by atoms with van der Waals surface area (Å²) in [6, 6.07) is 83.3. The Hall–Kier alpha value is -13.6. The third-order valence-electron chi connectivity index (χ3n) is 15.7. The van der Waals surface area contributed by atoms with Gasteiger partial charge in [-0.05, 0) is 166 Å². The predicted molar refractivity (Wildman–Crippen MR) is 328 cm³/mol. The third-order valence-corrected chi connectivity index (χ3v) is 15.7. The SMILES string of the molecule is N#Cc1ccc(-c2ccc3c(c2)c2cc(-c4ccc(C#N)cc4C#N)ccc2n3-c2cc(-c3cccc(-c4ccccc4)n3)c(-n3c4ccc(-c5ccc(C#N)cc5C#N)cc4c4cc(-c5ccc(C#N)cc5C#N)ccc43)cc2C#N)c(C#N)c1. The molecule has 0 atom stereocenters. The van der Waals surface area contributed by atoms with Crippen molar-refractivity contribution in [3.8, 4) is 133 Å². The number of aromatic nitrogens is 3. The molecule has 12 heteroatoms. The van der Waals surface area contributed by atoms with E-state index in [4.69, 9.17) is 4.98 Å². The van der Waals surface area contributed by atoms with E-state index < -0.39 is 0 Å². The Bertz CT molecular complexity index is 5280. The molecule has 0 spiro atoms. The van der Waals surface area contributed by atoms with E-state index in [1.54, 1.807) is 72.8 Å². The maximum Gasteiger partial charge on any atom is 0.101 e. The third kappa shape index (κ3) is 8.60. The van der Waals surface area contributed by atoms with Gasteiger partial charge in [-0.3, -0.25) is 0 Å². The standard InChI is InChI=1S/C74H34N12/c75-35-44-9-17-58(53(25-44)39-79)49-13-21-69-62(29-49)63-30-50(59-18-10-45(36-76)26-54(59)40-80)14-22-70(63)85(69)73-34-66(68-8-4-7-67(84-68)48-5-2-1-3-6-48)74(33-57(73)43-83)86-71-23-15-51(60-19-11-46(37-77)27-55(60)41-81)31-64(71)65-32-52(16-24-72(65)86)61-20-12-47(38-78)28-56(61)42-82/h1-34H. The molecule has 0 saturated heterocycles. The highest BCUT2D eigenvalue weighted by molar-refractivity contribution is 6.14. The van der Waals surface area contributed by atoms with Gasteiger partial charge in [0.2, 0.25) is 0 Å². The van der Waals surface area contributed by atoms with Gasteiger partial charge in [0.25, 0.3) is 0 Å². The molecular formula is C74H34N12. The van der Waals surface area contributed by atoms with Gasteiger partial charge < -0.3 is 9.13 Å². The molecule has 390 valence electrons. The number of rotatable bonds is 8. The van der Waals surface area contributed by atoms with Crippen LogP contribution in [0.5, 0.6) is 0 Å². The summed E-state index contributed by atoms with van der Waals surface area (Å²) in [4.78, 5) is 5.36. The molecule has 13 aromatic rings. The normalized spacial score (nSPS) is 10.7. The average Bonchev–Trinajstić information content (AvgIpc) is 1.60. The molecule has 86 heavy (non-hydrogen) atoms. The molecule has 10 aromatic carbocycles. The van der Waals surface area contributed by atoms with Gasteiger partial charge >= 0.3 is 0 Å². The van der Waals surface area contributed by atoms with Crippen LogP contribution in [0.4, 0.5) is 0 Å². The van der Waals surface area contributed by atoms with Crippen molar-refractivity contribution in [1.29, 1.82) is 47.4 Å². The lowest BCUT2D eigenvalue weighted by Crippen LogP contribution is -2.05. The van der Waals surface area contributed by atoms with Crippen molar-refractivity contribution in [2.24, 2.45) is 0 Å². The first-order chi connectivity index (χ1) is 42.2. The number of nitriles is 9. The van der Waals surface area contributed by atoms with Crippen LogP contribution in [0.1, 0.15) is 50.1 Å². The number of benzene rings is 10. The van der Waals surface area contributed by atoms with Gasteiger partial charge in [0, 0.05) is 32.7 Å². The Balaban J connectivity index is 1.12. The van der Waals surface area contributed by atoms with Crippen molar-refractivity contribution in [3.05, 3.63) is 256 Å². The molecular weight excluding hydrogens is 1060 g/mol. The predicted octanol–water partition coefficient (Wildman–Crippen LogP) is 16.1. The Labute approximate surface area is 491 Å². The fraction of sp³-hybridized carbons (Fsp3) is 0. The Morgan fingerprint density at radius 3 is 0.942 bits per heavy atom. The van der Waals surface area contributed by atoms with E-state index in [1.807, 2.05) is 138 Å². The minimum absolute atomic E-state index is 0.295. The molecule has 0 unspecified atom stereocenters. The van der Waals surface area contributed by atoms with Crippen LogP contribution in [-0.4, -0.2) is 14.1 Å². The first kappa shape index (κ1) is 51.8. The topological polar surface area (TPSA) is 237 Å². The second-order valence-corrected chi connectivity index (χ2v) is 20.3. The van der Waals surface area contributed by atoms with E-state index >= 15 is 0 Å². The van der Waals surface area contributed by atoms with Crippen molar-refractivity contribution in [2.75, 3.05) is 0 Å². The Morgan fingerprint density at radius 2 is 0.593 bits per heavy atom. The lowest BCUT2D eigenvalue weighted by Gasteiger charge is -2.19. The van der Waals surface area contributed by atoms with Gasteiger partial charge in [-0.25, -0.2) is 4.98 Å². The molecule has 0 aliphatic heterocycles. The zero-order valence-electron chi connectivity index (χ0n) is 45.0. The van der Waals surface area contributed by atoms with Crippen molar-refractivity contribution in [2.45, 2.75) is 0 Å². The van der Waals surface area contributed by atoms with Crippen LogP contribution >= 0.6 is 0 Å².